The summed E-state index contributed by atoms with van der Waals surface area (Å²) in [7, 11) is 0. The van der Waals surface area contributed by atoms with Crippen LogP contribution < -0.4 is 5.32 Å². The number of thiol groups is 2. The number of nitrogens with one attached hydrogen (secondary N) is 1. The Labute approximate surface area is 75.2 Å². The van der Waals surface area contributed by atoms with Gasteiger partial charge >= 0.3 is 5.97 Å². The molecule has 1 amide bonds. The molecule has 0 fully saturated rings. The van der Waals surface area contributed by atoms with Crippen molar-refractivity contribution in [2.45, 2.75) is 11.0 Å². The van der Waals surface area contributed by atoms with Crippen LogP contribution in [0.3, 0.4) is 0 Å². The van der Waals surface area contributed by atoms with E-state index in [9.17, 15) is 9.59 Å². The fourth-order valence-electron chi connectivity index (χ4n) is 0.384. The highest BCUT2D eigenvalue weighted by Crippen LogP contribution is 1.98. The molecule has 0 aromatic rings. The number of carboxylic acids is 1. The van der Waals surface area contributed by atoms with E-state index in [1.54, 1.807) is 0 Å². The Morgan fingerprint density at radius 3 is 2.36 bits per heavy atom. The molecule has 0 aliphatic rings. The number of carbonyl (C=O) groups is 2. The lowest BCUT2D eigenvalue weighted by molar-refractivity contribution is -0.136. The maximum Gasteiger partial charge on any atom is 0.305 e. The summed E-state index contributed by atoms with van der Waals surface area (Å²) in [6.45, 7) is 0.117. The van der Waals surface area contributed by atoms with Crippen molar-refractivity contribution in [1.82, 2.24) is 5.32 Å². The van der Waals surface area contributed by atoms with E-state index >= 15 is 0 Å². The van der Waals surface area contributed by atoms with E-state index in [4.69, 9.17) is 5.11 Å². The molecule has 11 heavy (non-hydrogen) atoms. The average Bonchev–Trinajstić information content (AvgIpc) is 1.86. The quantitative estimate of drug-likeness (QED) is 0.370. The molecule has 0 saturated carbocycles. The van der Waals surface area contributed by atoms with E-state index in [0.29, 0.717) is 0 Å². The van der Waals surface area contributed by atoms with Gasteiger partial charge in [0.1, 0.15) is 4.58 Å². The van der Waals surface area contributed by atoms with Crippen molar-refractivity contribution in [2.24, 2.45) is 0 Å². The first-order valence-electron chi connectivity index (χ1n) is 2.89. The van der Waals surface area contributed by atoms with Crippen LogP contribution in [0, 0.1) is 0 Å². The molecule has 0 aromatic carbocycles. The molecule has 64 valence electrons. The minimum Gasteiger partial charge on any atom is -0.481 e. The zero-order valence-corrected chi connectivity index (χ0v) is 7.44. The topological polar surface area (TPSA) is 66.4 Å². The SMILES string of the molecule is O=C(O)CCNC(=O)C(S)S. The predicted octanol–water partition coefficient (Wildman–Crippen LogP) is -0.237. The van der Waals surface area contributed by atoms with Crippen LogP contribution in [-0.2, 0) is 9.59 Å². The number of rotatable bonds is 4. The molecule has 0 atom stereocenters. The second kappa shape index (κ2) is 5.31. The van der Waals surface area contributed by atoms with Crippen molar-refractivity contribution in [2.75, 3.05) is 6.54 Å². The monoisotopic (exact) mass is 195 g/mol. The van der Waals surface area contributed by atoms with Crippen molar-refractivity contribution in [3.8, 4) is 0 Å². The summed E-state index contributed by atoms with van der Waals surface area (Å²) in [6, 6.07) is 0. The first-order chi connectivity index (χ1) is 5.04. The number of carboxylic acid groups (broad SMARTS) is 1. The van der Waals surface area contributed by atoms with E-state index in [1.165, 1.54) is 0 Å². The summed E-state index contributed by atoms with van der Waals surface area (Å²) >= 11 is 7.44. The number of amides is 1. The number of hydrogen-bond donors (Lipinski definition) is 4. The van der Waals surface area contributed by atoms with E-state index in [0.717, 1.165) is 0 Å². The summed E-state index contributed by atoms with van der Waals surface area (Å²) < 4.78 is -0.691. The molecular weight excluding hydrogens is 186 g/mol. The Balaban J connectivity index is 3.39. The third kappa shape index (κ3) is 6.05. The third-order valence-corrected chi connectivity index (χ3v) is 1.34. The Hall–Kier alpha value is -0.360. The van der Waals surface area contributed by atoms with Crippen LogP contribution in [0.2, 0.25) is 0 Å². The number of aliphatic carboxylic acids is 1. The van der Waals surface area contributed by atoms with Gasteiger partial charge in [0.15, 0.2) is 0 Å². The first kappa shape index (κ1) is 10.6. The maximum absolute atomic E-state index is 10.7. The van der Waals surface area contributed by atoms with Crippen molar-refractivity contribution in [3.05, 3.63) is 0 Å². The zero-order chi connectivity index (χ0) is 8.85. The van der Waals surface area contributed by atoms with Gasteiger partial charge in [-0.25, -0.2) is 0 Å². The lowest BCUT2D eigenvalue weighted by Gasteiger charge is -2.03. The van der Waals surface area contributed by atoms with Crippen LogP contribution in [0.1, 0.15) is 6.42 Å². The summed E-state index contributed by atoms with van der Waals surface area (Å²) in [4.78, 5) is 20.6. The van der Waals surface area contributed by atoms with Crippen LogP contribution in [0.4, 0.5) is 0 Å². The fraction of sp³-hybridized carbons (Fsp3) is 0.600. The second-order valence-corrected chi connectivity index (χ2v) is 3.25. The Morgan fingerprint density at radius 2 is 2.00 bits per heavy atom. The van der Waals surface area contributed by atoms with Gasteiger partial charge in [0.2, 0.25) is 5.91 Å². The standard InChI is InChI=1S/C5H9NO3S2/c7-3(8)1-2-6-4(9)5(10)11/h5,10-11H,1-2H2,(H,6,9)(H,7,8). The predicted molar refractivity (Wildman–Crippen MR) is 47.0 cm³/mol. The van der Waals surface area contributed by atoms with Crippen molar-refractivity contribution in [1.29, 1.82) is 0 Å². The zero-order valence-electron chi connectivity index (χ0n) is 5.65. The second-order valence-electron chi connectivity index (χ2n) is 1.81. The molecule has 0 aromatic heterocycles. The third-order valence-electron chi connectivity index (χ3n) is 0.873. The highest BCUT2D eigenvalue weighted by molar-refractivity contribution is 8.00. The van der Waals surface area contributed by atoms with Crippen LogP contribution in [0.25, 0.3) is 0 Å². The molecule has 6 heteroatoms. The van der Waals surface area contributed by atoms with Gasteiger partial charge in [-0.3, -0.25) is 9.59 Å². The van der Waals surface area contributed by atoms with Crippen molar-refractivity contribution < 1.29 is 14.7 Å². The minimum atomic E-state index is -0.944. The molecule has 4 nitrogen and oxygen atoms in total. The van der Waals surface area contributed by atoms with Gasteiger partial charge in [-0.1, -0.05) is 0 Å². The Kier molecular flexibility index (Phi) is 5.14. The van der Waals surface area contributed by atoms with Crippen LogP contribution in [-0.4, -0.2) is 28.1 Å². The van der Waals surface area contributed by atoms with Gasteiger partial charge in [-0.2, -0.15) is 25.3 Å². The van der Waals surface area contributed by atoms with Crippen LogP contribution in [0.15, 0.2) is 0 Å². The maximum atomic E-state index is 10.7. The normalized spacial score (nSPS) is 9.73. The fourth-order valence-corrected chi connectivity index (χ4v) is 0.566. The molecule has 0 spiro atoms. The van der Waals surface area contributed by atoms with Gasteiger partial charge < -0.3 is 10.4 Å². The van der Waals surface area contributed by atoms with E-state index in [-0.39, 0.29) is 18.9 Å². The minimum absolute atomic E-state index is 0.0833. The van der Waals surface area contributed by atoms with Crippen LogP contribution >= 0.6 is 25.3 Å². The lowest BCUT2D eigenvalue weighted by Crippen LogP contribution is -2.30. The Morgan fingerprint density at radius 1 is 1.45 bits per heavy atom. The molecule has 0 heterocycles. The highest BCUT2D eigenvalue weighted by atomic mass is 32.2. The summed E-state index contributed by atoms with van der Waals surface area (Å²) in [5.41, 5.74) is 0. The molecule has 0 unspecified atom stereocenters. The van der Waals surface area contributed by atoms with Gasteiger partial charge in [-0.15, -0.1) is 0 Å². The Bertz CT molecular complexity index is 160. The summed E-state index contributed by atoms with van der Waals surface area (Å²) in [6.07, 6.45) is -0.0833. The highest BCUT2D eigenvalue weighted by Gasteiger charge is 2.07. The van der Waals surface area contributed by atoms with Gasteiger partial charge in [0.05, 0.1) is 6.42 Å². The van der Waals surface area contributed by atoms with Crippen LogP contribution in [0.5, 0.6) is 0 Å². The van der Waals surface area contributed by atoms with Gasteiger partial charge in [-0.05, 0) is 0 Å². The lowest BCUT2D eigenvalue weighted by atomic mass is 10.4. The molecule has 0 bridgehead atoms. The largest absolute Gasteiger partial charge is 0.481 e. The van der Waals surface area contributed by atoms with E-state index in [1.807, 2.05) is 0 Å². The molecule has 0 radical (unpaired) electrons. The molecular formula is C5H9NO3S2. The van der Waals surface area contributed by atoms with Crippen molar-refractivity contribution in [3.63, 3.8) is 0 Å². The van der Waals surface area contributed by atoms with Crippen molar-refractivity contribution >= 4 is 37.1 Å². The summed E-state index contributed by atoms with van der Waals surface area (Å²) in [5, 5.41) is 10.5. The summed E-state index contributed by atoms with van der Waals surface area (Å²) in [5.74, 6) is -1.32. The number of carbonyl (C=O) groups excluding carboxylic acids is 1. The van der Waals surface area contributed by atoms with Gasteiger partial charge in [0, 0.05) is 6.54 Å². The van der Waals surface area contributed by atoms with E-state index < -0.39 is 10.6 Å². The first-order valence-corrected chi connectivity index (χ1v) is 3.93. The molecule has 0 aliphatic heterocycles. The number of hydrogen-bond acceptors (Lipinski definition) is 4. The molecule has 0 saturated heterocycles. The molecule has 0 aliphatic carbocycles. The van der Waals surface area contributed by atoms with Gasteiger partial charge in [0.25, 0.3) is 0 Å². The average molecular weight is 195 g/mol. The smallest absolute Gasteiger partial charge is 0.305 e. The van der Waals surface area contributed by atoms with E-state index in [2.05, 4.69) is 30.6 Å². The molecule has 2 N–H and O–H groups in total. The molecule has 0 rings (SSSR count).